The van der Waals surface area contributed by atoms with Crippen LogP contribution in [0.5, 0.6) is 0 Å². The average molecular weight is 225 g/mol. The third-order valence-corrected chi connectivity index (χ3v) is 2.49. The zero-order valence-corrected chi connectivity index (χ0v) is 9.46. The van der Waals surface area contributed by atoms with E-state index in [9.17, 15) is 14.3 Å². The third kappa shape index (κ3) is 3.31. The fourth-order valence-corrected chi connectivity index (χ4v) is 1.43. The van der Waals surface area contributed by atoms with E-state index in [1.807, 2.05) is 0 Å². The number of amides is 1. The maximum Gasteiger partial charge on any atom is 0.219 e. The number of hydrogen-bond acceptors (Lipinski definition) is 2. The highest BCUT2D eigenvalue weighted by molar-refractivity contribution is 5.75. The van der Waals surface area contributed by atoms with Gasteiger partial charge in [0.1, 0.15) is 5.82 Å². The van der Waals surface area contributed by atoms with Gasteiger partial charge in [0, 0.05) is 13.5 Å². The summed E-state index contributed by atoms with van der Waals surface area (Å²) < 4.78 is 13.0. The second-order valence-electron chi connectivity index (χ2n) is 3.74. The summed E-state index contributed by atoms with van der Waals surface area (Å²) in [4.78, 5) is 11.0. The van der Waals surface area contributed by atoms with Gasteiger partial charge in [0.25, 0.3) is 0 Å². The Morgan fingerprint density at radius 2 is 2.25 bits per heavy atom. The van der Waals surface area contributed by atoms with E-state index in [1.54, 1.807) is 20.0 Å². The molecule has 4 heteroatoms. The molecule has 0 aliphatic rings. The number of aryl methyl sites for hydroxylation is 1. The smallest absolute Gasteiger partial charge is 0.219 e. The zero-order chi connectivity index (χ0) is 12.1. The van der Waals surface area contributed by atoms with Crippen LogP contribution in [0.1, 0.15) is 30.1 Å². The number of aliphatic hydroxyl groups is 1. The molecular weight excluding hydrogens is 209 g/mol. The van der Waals surface area contributed by atoms with Crippen molar-refractivity contribution < 1.29 is 14.3 Å². The first-order chi connectivity index (χ1) is 7.54. The van der Waals surface area contributed by atoms with Gasteiger partial charge in [0.2, 0.25) is 5.91 Å². The van der Waals surface area contributed by atoms with Crippen LogP contribution in [0.4, 0.5) is 4.39 Å². The molecular formula is C12H16FNO2. The zero-order valence-electron chi connectivity index (χ0n) is 9.46. The highest BCUT2D eigenvalue weighted by Crippen LogP contribution is 2.20. The van der Waals surface area contributed by atoms with Crippen LogP contribution in [-0.2, 0) is 4.79 Å². The molecule has 1 amide bonds. The molecule has 0 spiro atoms. The molecule has 1 unspecified atom stereocenters. The number of carbonyl (C=O) groups is 1. The summed E-state index contributed by atoms with van der Waals surface area (Å²) in [5, 5.41) is 12.3. The van der Waals surface area contributed by atoms with E-state index in [4.69, 9.17) is 0 Å². The van der Waals surface area contributed by atoms with Crippen LogP contribution >= 0.6 is 0 Å². The standard InChI is InChI=1S/C12H16FNO2/c1-8-7-9(3-4-10(8)13)11(15)5-6-12(16)14-2/h3-4,7,11,15H,5-6H2,1-2H3,(H,14,16). The molecule has 0 aliphatic heterocycles. The van der Waals surface area contributed by atoms with E-state index in [1.165, 1.54) is 12.1 Å². The molecule has 3 nitrogen and oxygen atoms in total. The molecule has 2 N–H and O–H groups in total. The molecule has 0 heterocycles. The molecule has 0 aliphatic carbocycles. The van der Waals surface area contributed by atoms with E-state index in [0.717, 1.165) is 0 Å². The van der Waals surface area contributed by atoms with E-state index in [-0.39, 0.29) is 18.1 Å². The molecule has 0 saturated carbocycles. The van der Waals surface area contributed by atoms with Gasteiger partial charge in [-0.05, 0) is 30.5 Å². The van der Waals surface area contributed by atoms with Crippen LogP contribution in [0.3, 0.4) is 0 Å². The van der Waals surface area contributed by atoms with Crippen molar-refractivity contribution in [2.75, 3.05) is 7.05 Å². The maximum absolute atomic E-state index is 13.0. The molecule has 0 bridgehead atoms. The third-order valence-electron chi connectivity index (χ3n) is 2.49. The number of carbonyl (C=O) groups excluding carboxylic acids is 1. The lowest BCUT2D eigenvalue weighted by Crippen LogP contribution is -2.18. The topological polar surface area (TPSA) is 49.3 Å². The van der Waals surface area contributed by atoms with Gasteiger partial charge in [-0.2, -0.15) is 0 Å². The second kappa shape index (κ2) is 5.61. The Morgan fingerprint density at radius 3 is 2.81 bits per heavy atom. The Balaban J connectivity index is 2.62. The first-order valence-corrected chi connectivity index (χ1v) is 5.19. The van der Waals surface area contributed by atoms with Crippen molar-refractivity contribution in [3.8, 4) is 0 Å². The lowest BCUT2D eigenvalue weighted by Gasteiger charge is -2.11. The van der Waals surface area contributed by atoms with Crippen molar-refractivity contribution in [1.29, 1.82) is 0 Å². The number of hydrogen-bond donors (Lipinski definition) is 2. The summed E-state index contributed by atoms with van der Waals surface area (Å²) in [6, 6.07) is 4.47. The summed E-state index contributed by atoms with van der Waals surface area (Å²) in [5.41, 5.74) is 1.14. The molecule has 0 radical (unpaired) electrons. The molecule has 1 atom stereocenters. The van der Waals surface area contributed by atoms with Crippen molar-refractivity contribution in [3.63, 3.8) is 0 Å². The minimum atomic E-state index is -0.725. The quantitative estimate of drug-likeness (QED) is 0.819. The predicted molar refractivity (Wildman–Crippen MR) is 59.4 cm³/mol. The van der Waals surface area contributed by atoms with E-state index in [0.29, 0.717) is 17.5 Å². The minimum absolute atomic E-state index is 0.113. The van der Waals surface area contributed by atoms with Gasteiger partial charge in [0.05, 0.1) is 6.10 Å². The Bertz CT molecular complexity index is 379. The Hall–Kier alpha value is -1.42. The van der Waals surface area contributed by atoms with Gasteiger partial charge < -0.3 is 10.4 Å². The Morgan fingerprint density at radius 1 is 1.56 bits per heavy atom. The lowest BCUT2D eigenvalue weighted by atomic mass is 10.0. The number of rotatable bonds is 4. The van der Waals surface area contributed by atoms with Crippen LogP contribution in [0.25, 0.3) is 0 Å². The van der Waals surface area contributed by atoms with Crippen LogP contribution in [0.15, 0.2) is 18.2 Å². The first kappa shape index (κ1) is 12.6. The van der Waals surface area contributed by atoms with Crippen molar-refractivity contribution in [1.82, 2.24) is 5.32 Å². The lowest BCUT2D eigenvalue weighted by molar-refractivity contribution is -0.121. The van der Waals surface area contributed by atoms with E-state index < -0.39 is 6.10 Å². The van der Waals surface area contributed by atoms with E-state index >= 15 is 0 Å². The van der Waals surface area contributed by atoms with Gasteiger partial charge in [-0.3, -0.25) is 4.79 Å². The van der Waals surface area contributed by atoms with Crippen molar-refractivity contribution in [2.45, 2.75) is 25.9 Å². The molecule has 16 heavy (non-hydrogen) atoms. The average Bonchev–Trinajstić information content (AvgIpc) is 2.29. The van der Waals surface area contributed by atoms with Crippen molar-refractivity contribution in [3.05, 3.63) is 35.1 Å². The predicted octanol–water partition coefficient (Wildman–Crippen LogP) is 1.69. The minimum Gasteiger partial charge on any atom is -0.388 e. The highest BCUT2D eigenvalue weighted by Gasteiger charge is 2.10. The van der Waals surface area contributed by atoms with Gasteiger partial charge in [-0.15, -0.1) is 0 Å². The van der Waals surface area contributed by atoms with Gasteiger partial charge in [-0.25, -0.2) is 4.39 Å². The van der Waals surface area contributed by atoms with Crippen molar-refractivity contribution in [2.24, 2.45) is 0 Å². The van der Waals surface area contributed by atoms with Crippen LogP contribution < -0.4 is 5.32 Å². The summed E-state index contributed by atoms with van der Waals surface area (Å²) in [7, 11) is 1.55. The number of benzene rings is 1. The summed E-state index contributed by atoms with van der Waals surface area (Å²) in [5.74, 6) is -0.403. The van der Waals surface area contributed by atoms with E-state index in [2.05, 4.69) is 5.32 Å². The molecule has 0 saturated heterocycles. The number of aliphatic hydroxyl groups excluding tert-OH is 1. The van der Waals surface area contributed by atoms with Gasteiger partial charge >= 0.3 is 0 Å². The molecule has 1 aromatic rings. The molecule has 88 valence electrons. The van der Waals surface area contributed by atoms with Gasteiger partial charge in [0.15, 0.2) is 0 Å². The van der Waals surface area contributed by atoms with Crippen LogP contribution in [0, 0.1) is 12.7 Å². The second-order valence-corrected chi connectivity index (χ2v) is 3.74. The summed E-state index contributed by atoms with van der Waals surface area (Å²) in [6.07, 6.45) is -0.129. The van der Waals surface area contributed by atoms with Crippen LogP contribution in [-0.4, -0.2) is 18.1 Å². The summed E-state index contributed by atoms with van der Waals surface area (Å²) in [6.45, 7) is 1.64. The largest absolute Gasteiger partial charge is 0.388 e. The fraction of sp³-hybridized carbons (Fsp3) is 0.417. The number of halogens is 1. The van der Waals surface area contributed by atoms with Crippen molar-refractivity contribution >= 4 is 5.91 Å². The first-order valence-electron chi connectivity index (χ1n) is 5.19. The molecule has 1 aromatic carbocycles. The highest BCUT2D eigenvalue weighted by atomic mass is 19.1. The summed E-state index contributed by atoms with van der Waals surface area (Å²) >= 11 is 0. The SMILES string of the molecule is CNC(=O)CCC(O)c1ccc(F)c(C)c1. The maximum atomic E-state index is 13.0. The van der Waals surface area contributed by atoms with Crippen LogP contribution in [0.2, 0.25) is 0 Å². The molecule has 0 aromatic heterocycles. The Kier molecular flexibility index (Phi) is 4.43. The monoisotopic (exact) mass is 225 g/mol. The Labute approximate surface area is 94.3 Å². The van der Waals surface area contributed by atoms with Gasteiger partial charge in [-0.1, -0.05) is 12.1 Å². The molecule has 1 rings (SSSR count). The molecule has 0 fully saturated rings. The number of nitrogens with one attached hydrogen (secondary N) is 1. The normalized spacial score (nSPS) is 12.2. The fourth-order valence-electron chi connectivity index (χ4n) is 1.43.